The molecule has 1 aromatic carbocycles. The van der Waals surface area contributed by atoms with Crippen LogP contribution in [0.5, 0.6) is 5.75 Å². The number of halogens is 1. The standard InChI is InChI=1S/C10H11ClN4O3/c11-7-3-6(4-14-15-10(13)17)1-2-8(7)18-5-9(12)16/h1-4H,5H2,(H2,12,16)(H3,13,15,17). The first-order chi connectivity index (χ1) is 8.49. The van der Waals surface area contributed by atoms with Gasteiger partial charge in [0.2, 0.25) is 0 Å². The molecule has 0 radical (unpaired) electrons. The first kappa shape index (κ1) is 13.8. The summed E-state index contributed by atoms with van der Waals surface area (Å²) in [5.74, 6) is -0.266. The van der Waals surface area contributed by atoms with Crippen LogP contribution in [0.3, 0.4) is 0 Å². The van der Waals surface area contributed by atoms with Crippen molar-refractivity contribution in [3.05, 3.63) is 28.8 Å². The molecule has 5 N–H and O–H groups in total. The maximum Gasteiger partial charge on any atom is 0.332 e. The first-order valence-electron chi connectivity index (χ1n) is 4.78. The van der Waals surface area contributed by atoms with E-state index in [2.05, 4.69) is 5.10 Å². The van der Waals surface area contributed by atoms with Gasteiger partial charge in [-0.3, -0.25) is 4.79 Å². The van der Waals surface area contributed by atoms with Crippen LogP contribution in [0.15, 0.2) is 23.3 Å². The van der Waals surface area contributed by atoms with Crippen molar-refractivity contribution >= 4 is 29.8 Å². The van der Waals surface area contributed by atoms with Crippen molar-refractivity contribution in [2.75, 3.05) is 6.61 Å². The molecular formula is C10H11ClN4O3. The number of nitrogens with two attached hydrogens (primary N) is 2. The van der Waals surface area contributed by atoms with Crippen molar-refractivity contribution in [2.45, 2.75) is 0 Å². The molecule has 96 valence electrons. The van der Waals surface area contributed by atoms with E-state index in [4.69, 9.17) is 27.8 Å². The number of rotatable bonds is 5. The van der Waals surface area contributed by atoms with Gasteiger partial charge in [-0.25, -0.2) is 10.2 Å². The molecule has 0 saturated carbocycles. The number of carbonyl (C=O) groups excluding carboxylic acids is 2. The number of nitrogens with zero attached hydrogens (tertiary/aromatic N) is 1. The summed E-state index contributed by atoms with van der Waals surface area (Å²) < 4.78 is 5.06. The Labute approximate surface area is 108 Å². The minimum atomic E-state index is -0.765. The van der Waals surface area contributed by atoms with E-state index in [1.807, 2.05) is 5.43 Å². The number of carbonyl (C=O) groups is 2. The van der Waals surface area contributed by atoms with E-state index < -0.39 is 11.9 Å². The maximum absolute atomic E-state index is 10.5. The number of hydrogen-bond acceptors (Lipinski definition) is 4. The molecule has 18 heavy (non-hydrogen) atoms. The van der Waals surface area contributed by atoms with Crippen LogP contribution in [0.2, 0.25) is 5.02 Å². The molecule has 1 rings (SSSR count). The highest BCUT2D eigenvalue weighted by molar-refractivity contribution is 6.32. The second kappa shape index (κ2) is 6.45. The normalized spacial score (nSPS) is 10.3. The molecule has 8 heteroatoms. The fourth-order valence-corrected chi connectivity index (χ4v) is 1.28. The quantitative estimate of drug-likeness (QED) is 0.524. The Hall–Kier alpha value is -2.28. The predicted octanol–water partition coefficient (Wildman–Crippen LogP) is 0.206. The molecule has 0 aliphatic heterocycles. The molecular weight excluding hydrogens is 260 g/mol. The number of primary amides is 2. The number of benzene rings is 1. The van der Waals surface area contributed by atoms with Crippen molar-refractivity contribution in [3.8, 4) is 5.75 Å². The summed E-state index contributed by atoms with van der Waals surface area (Å²) in [7, 11) is 0. The Bertz CT molecular complexity index is 490. The van der Waals surface area contributed by atoms with E-state index in [0.29, 0.717) is 16.3 Å². The highest BCUT2D eigenvalue weighted by atomic mass is 35.5. The number of hydrazone groups is 1. The largest absolute Gasteiger partial charge is 0.482 e. The fourth-order valence-electron chi connectivity index (χ4n) is 1.03. The summed E-state index contributed by atoms with van der Waals surface area (Å²) in [6, 6.07) is 3.97. The Morgan fingerprint density at radius 3 is 2.72 bits per heavy atom. The monoisotopic (exact) mass is 270 g/mol. The molecule has 3 amide bonds. The molecule has 0 bridgehead atoms. The van der Waals surface area contributed by atoms with Crippen molar-refractivity contribution in [1.29, 1.82) is 0 Å². The number of nitrogens with one attached hydrogen (secondary N) is 1. The van der Waals surface area contributed by atoms with Crippen LogP contribution in [-0.4, -0.2) is 24.8 Å². The Morgan fingerprint density at radius 2 is 2.17 bits per heavy atom. The molecule has 0 fully saturated rings. The zero-order valence-electron chi connectivity index (χ0n) is 9.22. The molecule has 1 aromatic rings. The minimum Gasteiger partial charge on any atom is -0.482 e. The molecule has 0 heterocycles. The van der Waals surface area contributed by atoms with Gasteiger partial charge in [0.05, 0.1) is 11.2 Å². The zero-order chi connectivity index (χ0) is 13.5. The van der Waals surface area contributed by atoms with Gasteiger partial charge in [-0.2, -0.15) is 5.10 Å². The SMILES string of the molecule is NC(=O)COc1ccc(C=NNC(N)=O)cc1Cl. The number of amides is 3. The summed E-state index contributed by atoms with van der Waals surface area (Å²) in [4.78, 5) is 20.9. The zero-order valence-corrected chi connectivity index (χ0v) is 9.98. The van der Waals surface area contributed by atoms with E-state index in [1.165, 1.54) is 6.21 Å². The number of ether oxygens (including phenoxy) is 1. The highest BCUT2D eigenvalue weighted by Gasteiger charge is 2.03. The summed E-state index contributed by atoms with van der Waals surface area (Å²) in [6.07, 6.45) is 1.36. The van der Waals surface area contributed by atoms with Gasteiger partial charge < -0.3 is 16.2 Å². The summed E-state index contributed by atoms with van der Waals surface area (Å²) >= 11 is 5.90. The molecule has 0 aliphatic rings. The minimum absolute atomic E-state index is 0.254. The summed E-state index contributed by atoms with van der Waals surface area (Å²) in [6.45, 7) is -0.254. The molecule has 0 spiro atoms. The van der Waals surface area contributed by atoms with Crippen LogP contribution in [0, 0.1) is 0 Å². The third-order valence-corrected chi connectivity index (χ3v) is 2.01. The lowest BCUT2D eigenvalue weighted by Crippen LogP contribution is -2.24. The second-order valence-corrected chi connectivity index (χ2v) is 3.59. The first-order valence-corrected chi connectivity index (χ1v) is 5.16. The van der Waals surface area contributed by atoms with Crippen molar-refractivity contribution in [1.82, 2.24) is 5.43 Å². The van der Waals surface area contributed by atoms with Crippen LogP contribution in [-0.2, 0) is 4.79 Å². The van der Waals surface area contributed by atoms with Gasteiger partial charge in [0.1, 0.15) is 5.75 Å². The maximum atomic E-state index is 10.5. The summed E-state index contributed by atoms with van der Waals surface area (Å²) in [5, 5.41) is 3.85. The second-order valence-electron chi connectivity index (χ2n) is 3.18. The lowest BCUT2D eigenvalue weighted by atomic mass is 10.2. The van der Waals surface area contributed by atoms with Gasteiger partial charge in [-0.1, -0.05) is 11.6 Å². The number of hydrogen-bond donors (Lipinski definition) is 3. The molecule has 0 aromatic heterocycles. The molecule has 7 nitrogen and oxygen atoms in total. The molecule has 0 aliphatic carbocycles. The number of urea groups is 1. The van der Waals surface area contributed by atoms with Crippen LogP contribution < -0.4 is 21.6 Å². The van der Waals surface area contributed by atoms with E-state index in [9.17, 15) is 9.59 Å². The lowest BCUT2D eigenvalue weighted by molar-refractivity contribution is -0.119. The lowest BCUT2D eigenvalue weighted by Gasteiger charge is -2.06. The third kappa shape index (κ3) is 4.71. The molecule has 0 saturated heterocycles. The smallest absolute Gasteiger partial charge is 0.332 e. The highest BCUT2D eigenvalue weighted by Crippen LogP contribution is 2.24. The Balaban J connectivity index is 2.69. The van der Waals surface area contributed by atoms with E-state index in [-0.39, 0.29) is 6.61 Å². The predicted molar refractivity (Wildman–Crippen MR) is 66.5 cm³/mol. The van der Waals surface area contributed by atoms with Gasteiger partial charge in [-0.05, 0) is 23.8 Å². The van der Waals surface area contributed by atoms with Crippen LogP contribution in [0.1, 0.15) is 5.56 Å². The van der Waals surface area contributed by atoms with Gasteiger partial charge in [0, 0.05) is 0 Å². The topological polar surface area (TPSA) is 120 Å². The summed E-state index contributed by atoms with van der Waals surface area (Å²) in [5.41, 5.74) is 12.4. The Morgan fingerprint density at radius 1 is 1.44 bits per heavy atom. The van der Waals surface area contributed by atoms with Gasteiger partial charge in [-0.15, -0.1) is 0 Å². The average molecular weight is 271 g/mol. The van der Waals surface area contributed by atoms with E-state index in [1.54, 1.807) is 18.2 Å². The third-order valence-electron chi connectivity index (χ3n) is 1.71. The van der Waals surface area contributed by atoms with E-state index in [0.717, 1.165) is 0 Å². The molecule has 0 atom stereocenters. The molecule has 0 unspecified atom stereocenters. The van der Waals surface area contributed by atoms with Crippen molar-refractivity contribution in [2.24, 2.45) is 16.6 Å². The van der Waals surface area contributed by atoms with Gasteiger partial charge in [0.15, 0.2) is 6.61 Å². The van der Waals surface area contributed by atoms with E-state index >= 15 is 0 Å². The van der Waals surface area contributed by atoms with Crippen LogP contribution in [0.4, 0.5) is 4.79 Å². The fraction of sp³-hybridized carbons (Fsp3) is 0.100. The van der Waals surface area contributed by atoms with Crippen LogP contribution in [0.25, 0.3) is 0 Å². The van der Waals surface area contributed by atoms with Crippen LogP contribution >= 0.6 is 11.6 Å². The van der Waals surface area contributed by atoms with Gasteiger partial charge in [0.25, 0.3) is 5.91 Å². The Kier molecular flexibility index (Phi) is 4.94. The van der Waals surface area contributed by atoms with Gasteiger partial charge >= 0.3 is 6.03 Å². The van der Waals surface area contributed by atoms with Crippen molar-refractivity contribution in [3.63, 3.8) is 0 Å². The van der Waals surface area contributed by atoms with Crippen molar-refractivity contribution < 1.29 is 14.3 Å². The average Bonchev–Trinajstić information content (AvgIpc) is 2.27.